The Morgan fingerprint density at radius 1 is 1.47 bits per heavy atom. The number of ether oxygens (including phenoxy) is 1. The van der Waals surface area contributed by atoms with E-state index in [4.69, 9.17) is 9.84 Å². The first-order valence-corrected chi connectivity index (χ1v) is 6.47. The molecule has 2 N–H and O–H groups in total. The maximum atomic E-state index is 11.0. The van der Waals surface area contributed by atoms with E-state index >= 15 is 0 Å². The number of hydrogen-bond donors (Lipinski definition) is 2. The average molecular weight is 264 g/mol. The van der Waals surface area contributed by atoms with Crippen molar-refractivity contribution in [1.29, 1.82) is 0 Å². The molecule has 1 aliphatic rings. The van der Waals surface area contributed by atoms with Crippen LogP contribution in [0.5, 0.6) is 5.75 Å². The van der Waals surface area contributed by atoms with E-state index in [0.29, 0.717) is 6.54 Å². The van der Waals surface area contributed by atoms with Gasteiger partial charge in [0, 0.05) is 19.1 Å². The van der Waals surface area contributed by atoms with Gasteiger partial charge in [-0.3, -0.25) is 4.79 Å². The number of carbonyl (C=O) groups is 1. The van der Waals surface area contributed by atoms with Gasteiger partial charge in [0.25, 0.3) is 0 Å². The van der Waals surface area contributed by atoms with Crippen LogP contribution in [0.1, 0.15) is 13.3 Å². The van der Waals surface area contributed by atoms with E-state index in [-0.39, 0.29) is 18.5 Å². The van der Waals surface area contributed by atoms with Crippen LogP contribution < -0.4 is 15.0 Å². The van der Waals surface area contributed by atoms with Gasteiger partial charge in [-0.05, 0) is 19.1 Å². The van der Waals surface area contributed by atoms with Gasteiger partial charge in [-0.2, -0.15) is 0 Å². The first kappa shape index (κ1) is 13.7. The zero-order valence-corrected chi connectivity index (χ0v) is 11.3. The number of nitrogens with zero attached hydrogens (tertiary/aromatic N) is 1. The number of anilines is 1. The molecule has 2 atom stereocenters. The summed E-state index contributed by atoms with van der Waals surface area (Å²) in [5.74, 6) is 0.00689. The average Bonchev–Trinajstić information content (AvgIpc) is 2.38. The monoisotopic (exact) mass is 264 g/mol. The molecule has 5 nitrogen and oxygen atoms in total. The summed E-state index contributed by atoms with van der Waals surface area (Å²) >= 11 is 0. The minimum absolute atomic E-state index is 0.0578. The number of piperazine rings is 1. The molecule has 104 valence electrons. The van der Waals surface area contributed by atoms with Crippen molar-refractivity contribution in [2.45, 2.75) is 25.4 Å². The SMILES string of the molecule is COc1ccccc1N1C(C)CNCC1CC(=O)O. The number of carboxylic acids is 1. The molecule has 1 aromatic rings. The second kappa shape index (κ2) is 5.93. The molecule has 0 aliphatic carbocycles. The summed E-state index contributed by atoms with van der Waals surface area (Å²) in [7, 11) is 1.64. The van der Waals surface area contributed by atoms with Crippen LogP contribution in [0.3, 0.4) is 0 Å². The van der Waals surface area contributed by atoms with Crippen LogP contribution in [0, 0.1) is 0 Å². The van der Waals surface area contributed by atoms with Crippen LogP contribution in [-0.2, 0) is 4.79 Å². The maximum Gasteiger partial charge on any atom is 0.305 e. The van der Waals surface area contributed by atoms with Crippen LogP contribution in [0.25, 0.3) is 0 Å². The van der Waals surface area contributed by atoms with Gasteiger partial charge in [-0.25, -0.2) is 0 Å². The van der Waals surface area contributed by atoms with Crippen LogP contribution in [0.2, 0.25) is 0 Å². The second-order valence-corrected chi connectivity index (χ2v) is 4.84. The lowest BCUT2D eigenvalue weighted by Gasteiger charge is -2.42. The Morgan fingerprint density at radius 3 is 2.89 bits per heavy atom. The zero-order chi connectivity index (χ0) is 13.8. The van der Waals surface area contributed by atoms with Gasteiger partial charge >= 0.3 is 5.97 Å². The number of carboxylic acid groups (broad SMARTS) is 1. The van der Waals surface area contributed by atoms with Gasteiger partial charge < -0.3 is 20.1 Å². The standard InChI is InChI=1S/C14H20N2O3/c1-10-8-15-9-11(7-14(17)18)16(10)12-5-3-4-6-13(12)19-2/h3-6,10-11,15H,7-9H2,1-2H3,(H,17,18). The highest BCUT2D eigenvalue weighted by atomic mass is 16.5. The fraction of sp³-hybridized carbons (Fsp3) is 0.500. The molecule has 5 heteroatoms. The number of methoxy groups -OCH3 is 1. The van der Waals surface area contributed by atoms with Gasteiger partial charge in [0.05, 0.1) is 25.3 Å². The molecule has 0 radical (unpaired) electrons. The molecule has 1 saturated heterocycles. The quantitative estimate of drug-likeness (QED) is 0.859. The van der Waals surface area contributed by atoms with Crippen LogP contribution in [0.15, 0.2) is 24.3 Å². The largest absolute Gasteiger partial charge is 0.495 e. The number of aliphatic carboxylic acids is 1. The van der Waals surface area contributed by atoms with Crippen molar-refractivity contribution >= 4 is 11.7 Å². The minimum atomic E-state index is -0.777. The Morgan fingerprint density at radius 2 is 2.21 bits per heavy atom. The third kappa shape index (κ3) is 2.98. The molecule has 2 unspecified atom stereocenters. The van der Waals surface area contributed by atoms with Gasteiger partial charge in [-0.15, -0.1) is 0 Å². The van der Waals surface area contributed by atoms with Crippen molar-refractivity contribution in [1.82, 2.24) is 5.32 Å². The van der Waals surface area contributed by atoms with Gasteiger partial charge in [-0.1, -0.05) is 12.1 Å². The molecule has 0 amide bonds. The lowest BCUT2D eigenvalue weighted by Crippen LogP contribution is -2.57. The predicted octanol–water partition coefficient (Wildman–Crippen LogP) is 1.34. The molecule has 19 heavy (non-hydrogen) atoms. The highest BCUT2D eigenvalue weighted by molar-refractivity contribution is 5.70. The fourth-order valence-corrected chi connectivity index (χ4v) is 2.66. The van der Waals surface area contributed by atoms with Crippen molar-refractivity contribution in [2.75, 3.05) is 25.1 Å². The van der Waals surface area contributed by atoms with E-state index in [9.17, 15) is 4.79 Å². The number of rotatable bonds is 4. The van der Waals surface area contributed by atoms with E-state index in [1.54, 1.807) is 7.11 Å². The summed E-state index contributed by atoms with van der Waals surface area (Å²) in [5.41, 5.74) is 0.963. The second-order valence-electron chi connectivity index (χ2n) is 4.84. The third-order valence-corrected chi connectivity index (χ3v) is 3.46. The Labute approximate surface area is 113 Å². The molecule has 0 aromatic heterocycles. The van der Waals surface area contributed by atoms with Crippen molar-refractivity contribution in [2.24, 2.45) is 0 Å². The summed E-state index contributed by atoms with van der Waals surface area (Å²) < 4.78 is 5.39. The molecule has 1 fully saturated rings. The Hall–Kier alpha value is -1.75. The van der Waals surface area contributed by atoms with Crippen LogP contribution in [0.4, 0.5) is 5.69 Å². The lowest BCUT2D eigenvalue weighted by atomic mass is 10.0. The first-order valence-electron chi connectivity index (χ1n) is 6.47. The summed E-state index contributed by atoms with van der Waals surface area (Å²) in [6.45, 7) is 3.61. The molecule has 0 spiro atoms. The lowest BCUT2D eigenvalue weighted by molar-refractivity contribution is -0.137. The zero-order valence-electron chi connectivity index (χ0n) is 11.3. The summed E-state index contributed by atoms with van der Waals surface area (Å²) in [6.07, 6.45) is 0.120. The van der Waals surface area contributed by atoms with Crippen molar-refractivity contribution in [3.8, 4) is 5.75 Å². The highest BCUT2D eigenvalue weighted by Crippen LogP contribution is 2.32. The fourth-order valence-electron chi connectivity index (χ4n) is 2.66. The van der Waals surface area contributed by atoms with Crippen molar-refractivity contribution < 1.29 is 14.6 Å². The van der Waals surface area contributed by atoms with Gasteiger partial charge in [0.2, 0.25) is 0 Å². The molecule has 1 aromatic carbocycles. The highest BCUT2D eigenvalue weighted by Gasteiger charge is 2.30. The molecule has 1 heterocycles. The predicted molar refractivity (Wildman–Crippen MR) is 73.8 cm³/mol. The molecule has 0 bridgehead atoms. The van der Waals surface area contributed by atoms with Gasteiger partial charge in [0.1, 0.15) is 5.75 Å². The Balaban J connectivity index is 2.33. The molecule has 0 saturated carbocycles. The number of benzene rings is 1. The summed E-state index contributed by atoms with van der Waals surface area (Å²) in [5, 5.41) is 12.3. The maximum absolute atomic E-state index is 11.0. The Bertz CT molecular complexity index is 450. The van der Waals surface area contributed by atoms with Gasteiger partial charge in [0.15, 0.2) is 0 Å². The number of nitrogens with one attached hydrogen (secondary N) is 1. The van der Waals surface area contributed by atoms with Crippen LogP contribution in [-0.4, -0.2) is 43.4 Å². The first-order chi connectivity index (χ1) is 9.13. The molecule has 2 rings (SSSR count). The minimum Gasteiger partial charge on any atom is -0.495 e. The number of para-hydroxylation sites is 2. The molecular formula is C14H20N2O3. The van der Waals surface area contributed by atoms with E-state index in [2.05, 4.69) is 17.1 Å². The topological polar surface area (TPSA) is 61.8 Å². The summed E-state index contributed by atoms with van der Waals surface area (Å²) in [4.78, 5) is 13.2. The van der Waals surface area contributed by atoms with E-state index in [1.807, 2.05) is 24.3 Å². The van der Waals surface area contributed by atoms with E-state index < -0.39 is 5.97 Å². The summed E-state index contributed by atoms with van der Waals surface area (Å²) in [6, 6.07) is 7.93. The Kier molecular flexibility index (Phi) is 4.27. The molecular weight excluding hydrogens is 244 g/mol. The third-order valence-electron chi connectivity index (χ3n) is 3.46. The van der Waals surface area contributed by atoms with E-state index in [0.717, 1.165) is 18.0 Å². The van der Waals surface area contributed by atoms with Crippen LogP contribution >= 0.6 is 0 Å². The smallest absolute Gasteiger partial charge is 0.305 e. The van der Waals surface area contributed by atoms with Crippen molar-refractivity contribution in [3.63, 3.8) is 0 Å². The van der Waals surface area contributed by atoms with E-state index in [1.165, 1.54) is 0 Å². The number of hydrogen-bond acceptors (Lipinski definition) is 4. The normalized spacial score (nSPS) is 23.2. The van der Waals surface area contributed by atoms with Crippen molar-refractivity contribution in [3.05, 3.63) is 24.3 Å². The molecule has 1 aliphatic heterocycles.